The summed E-state index contributed by atoms with van der Waals surface area (Å²) in [5.74, 6) is 0.365. The lowest BCUT2D eigenvalue weighted by molar-refractivity contribution is -0.231. The molecule has 0 bridgehead atoms. The summed E-state index contributed by atoms with van der Waals surface area (Å²) in [7, 11) is 0. The molecular weight excluding hydrogens is 424 g/mol. The van der Waals surface area contributed by atoms with Gasteiger partial charge in [0.1, 0.15) is 0 Å². The van der Waals surface area contributed by atoms with Crippen LogP contribution in [0.4, 0.5) is 0 Å². The second-order valence-corrected chi connectivity index (χ2v) is 15.2. The second kappa shape index (κ2) is 7.12. The van der Waals surface area contributed by atoms with Crippen LogP contribution in [0, 0.1) is 50.2 Å². The molecular formula is C30H48O4. The minimum Gasteiger partial charge on any atom is -0.481 e. The predicted octanol–water partition coefficient (Wildman–Crippen LogP) is 6.20. The van der Waals surface area contributed by atoms with Crippen molar-refractivity contribution in [1.29, 1.82) is 0 Å². The maximum Gasteiger partial charge on any atom is 0.310 e. The maximum absolute atomic E-state index is 12.8. The molecule has 0 aromatic rings. The Morgan fingerprint density at radius 2 is 1.53 bits per heavy atom. The molecule has 192 valence electrons. The summed E-state index contributed by atoms with van der Waals surface area (Å²) in [6, 6.07) is 0. The molecule has 0 radical (unpaired) electrons. The van der Waals surface area contributed by atoms with Gasteiger partial charge in [-0.05, 0) is 103 Å². The number of rotatable bonds is 1. The average molecular weight is 473 g/mol. The molecule has 5 aliphatic carbocycles. The summed E-state index contributed by atoms with van der Waals surface area (Å²) < 4.78 is 0. The SMILES string of the molecule is CC1(C)CC[C@]2(C(=O)O)CC[C@]3(C)C(=CC[C@H]4[C@@]5(C)C[C@@H](O)[C@H](O)C(C)(C)[C@@H]5CC[C@]43C)[C@H]2C1. The van der Waals surface area contributed by atoms with Crippen LogP contribution in [-0.4, -0.2) is 33.5 Å². The van der Waals surface area contributed by atoms with Gasteiger partial charge in [-0.25, -0.2) is 0 Å². The third-order valence-corrected chi connectivity index (χ3v) is 13.0. The molecule has 4 fully saturated rings. The fraction of sp³-hybridized carbons (Fsp3) is 0.900. The molecule has 0 aromatic heterocycles. The van der Waals surface area contributed by atoms with Crippen molar-refractivity contribution < 1.29 is 20.1 Å². The van der Waals surface area contributed by atoms with Crippen molar-refractivity contribution in [3.05, 3.63) is 11.6 Å². The van der Waals surface area contributed by atoms with E-state index in [0.29, 0.717) is 18.3 Å². The zero-order chi connectivity index (χ0) is 25.1. The van der Waals surface area contributed by atoms with E-state index in [-0.39, 0.29) is 33.0 Å². The van der Waals surface area contributed by atoms with Gasteiger partial charge in [-0.1, -0.05) is 60.1 Å². The maximum atomic E-state index is 12.8. The van der Waals surface area contributed by atoms with E-state index >= 15 is 0 Å². The highest BCUT2D eigenvalue weighted by Crippen LogP contribution is 2.75. The third-order valence-electron chi connectivity index (χ3n) is 13.0. The Balaban J connectivity index is 1.61. The van der Waals surface area contributed by atoms with Gasteiger partial charge in [0, 0.05) is 0 Å². The van der Waals surface area contributed by atoms with Crippen molar-refractivity contribution in [2.75, 3.05) is 0 Å². The van der Waals surface area contributed by atoms with Gasteiger partial charge < -0.3 is 15.3 Å². The number of allylic oxidation sites excluding steroid dienone is 2. The van der Waals surface area contributed by atoms with Gasteiger partial charge in [-0.15, -0.1) is 0 Å². The molecule has 0 saturated heterocycles. The standard InChI is InChI=1S/C30H48O4/c1-25(2)12-14-30(24(33)34)15-13-28(6)18(19(30)16-25)8-9-22-27(5)17-20(31)23(32)26(3,4)21(27)10-11-29(22,28)7/h8,19-23,31-32H,9-17H2,1-7H3,(H,33,34)/t19-,20-,21+,22+,23+,27+,28-,29-,30+/m1/s1. The molecule has 34 heavy (non-hydrogen) atoms. The monoisotopic (exact) mass is 472 g/mol. The zero-order valence-electron chi connectivity index (χ0n) is 22.6. The van der Waals surface area contributed by atoms with Gasteiger partial charge in [-0.2, -0.15) is 0 Å². The van der Waals surface area contributed by atoms with Crippen molar-refractivity contribution in [3.8, 4) is 0 Å². The minimum atomic E-state index is -0.679. The van der Waals surface area contributed by atoms with E-state index in [9.17, 15) is 20.1 Å². The molecule has 0 unspecified atom stereocenters. The van der Waals surface area contributed by atoms with Gasteiger partial charge in [-0.3, -0.25) is 4.79 Å². The first-order chi connectivity index (χ1) is 15.6. The lowest BCUT2D eigenvalue weighted by Gasteiger charge is -2.71. The summed E-state index contributed by atoms with van der Waals surface area (Å²) in [5, 5.41) is 32.4. The summed E-state index contributed by atoms with van der Waals surface area (Å²) in [4.78, 5) is 12.8. The number of carboxylic acid groups (broad SMARTS) is 1. The fourth-order valence-electron chi connectivity index (χ4n) is 10.8. The van der Waals surface area contributed by atoms with E-state index in [2.05, 4.69) is 54.5 Å². The van der Waals surface area contributed by atoms with Crippen LogP contribution in [0.15, 0.2) is 11.6 Å². The van der Waals surface area contributed by atoms with Crippen LogP contribution >= 0.6 is 0 Å². The van der Waals surface area contributed by atoms with Gasteiger partial charge in [0.2, 0.25) is 0 Å². The Bertz CT molecular complexity index is 919. The number of carboxylic acids is 1. The molecule has 0 amide bonds. The molecule has 5 aliphatic rings. The molecule has 5 rings (SSSR count). The van der Waals surface area contributed by atoms with E-state index in [4.69, 9.17) is 0 Å². The normalized spacial score (nSPS) is 53.4. The van der Waals surface area contributed by atoms with E-state index < -0.39 is 23.6 Å². The number of carbonyl (C=O) groups is 1. The van der Waals surface area contributed by atoms with Crippen molar-refractivity contribution in [2.45, 2.75) is 118 Å². The van der Waals surface area contributed by atoms with Gasteiger partial charge in [0.25, 0.3) is 0 Å². The summed E-state index contributed by atoms with van der Waals surface area (Å²) >= 11 is 0. The smallest absolute Gasteiger partial charge is 0.310 e. The van der Waals surface area contributed by atoms with Crippen LogP contribution in [0.1, 0.15) is 106 Å². The Morgan fingerprint density at radius 1 is 0.882 bits per heavy atom. The molecule has 9 atom stereocenters. The first-order valence-corrected chi connectivity index (χ1v) is 13.9. The van der Waals surface area contributed by atoms with Gasteiger partial charge >= 0.3 is 5.97 Å². The van der Waals surface area contributed by atoms with Crippen LogP contribution in [-0.2, 0) is 4.79 Å². The molecule has 0 aromatic carbocycles. The van der Waals surface area contributed by atoms with Crippen LogP contribution in [0.3, 0.4) is 0 Å². The van der Waals surface area contributed by atoms with E-state index in [1.54, 1.807) is 0 Å². The number of hydrogen-bond donors (Lipinski definition) is 3. The average Bonchev–Trinajstić information content (AvgIpc) is 2.72. The fourth-order valence-corrected chi connectivity index (χ4v) is 10.8. The highest BCUT2D eigenvalue weighted by atomic mass is 16.4. The highest BCUT2D eigenvalue weighted by Gasteiger charge is 2.70. The molecule has 0 aliphatic heterocycles. The quantitative estimate of drug-likeness (QED) is 0.397. The second-order valence-electron chi connectivity index (χ2n) is 15.2. The molecule has 4 heteroatoms. The van der Waals surface area contributed by atoms with Crippen molar-refractivity contribution >= 4 is 5.97 Å². The minimum absolute atomic E-state index is 0.00785. The lowest BCUT2D eigenvalue weighted by Crippen LogP contribution is -2.67. The largest absolute Gasteiger partial charge is 0.481 e. The Hall–Kier alpha value is -0.870. The van der Waals surface area contributed by atoms with Crippen molar-refractivity contribution in [2.24, 2.45) is 50.2 Å². The lowest BCUT2D eigenvalue weighted by atomic mass is 9.33. The van der Waals surface area contributed by atoms with Gasteiger partial charge in [0.05, 0.1) is 17.6 Å². The highest BCUT2D eigenvalue weighted by molar-refractivity contribution is 5.76. The van der Waals surface area contributed by atoms with E-state index in [0.717, 1.165) is 51.4 Å². The summed E-state index contributed by atoms with van der Waals surface area (Å²) in [6.07, 6.45) is 9.45. The van der Waals surface area contributed by atoms with Crippen LogP contribution < -0.4 is 0 Å². The van der Waals surface area contributed by atoms with E-state index in [1.165, 1.54) is 5.57 Å². The summed E-state index contributed by atoms with van der Waals surface area (Å²) in [5.41, 5.74) is 0.754. The molecule has 0 spiro atoms. The van der Waals surface area contributed by atoms with Crippen LogP contribution in [0.25, 0.3) is 0 Å². The van der Waals surface area contributed by atoms with Crippen molar-refractivity contribution in [3.63, 3.8) is 0 Å². The number of aliphatic hydroxyl groups excluding tert-OH is 2. The molecule has 4 nitrogen and oxygen atoms in total. The first kappa shape index (κ1) is 24.8. The molecule has 4 saturated carbocycles. The van der Waals surface area contributed by atoms with Crippen LogP contribution in [0.2, 0.25) is 0 Å². The topological polar surface area (TPSA) is 77.8 Å². The van der Waals surface area contributed by atoms with Crippen molar-refractivity contribution in [1.82, 2.24) is 0 Å². The van der Waals surface area contributed by atoms with E-state index in [1.807, 2.05) is 0 Å². The number of hydrogen-bond acceptors (Lipinski definition) is 3. The third kappa shape index (κ3) is 2.88. The molecule has 0 heterocycles. The predicted molar refractivity (Wildman–Crippen MR) is 134 cm³/mol. The number of aliphatic carboxylic acids is 1. The van der Waals surface area contributed by atoms with Gasteiger partial charge in [0.15, 0.2) is 0 Å². The first-order valence-electron chi connectivity index (χ1n) is 13.9. The number of aliphatic hydroxyl groups is 2. The Kier molecular flexibility index (Phi) is 5.20. The Labute approximate surface area is 206 Å². The summed E-state index contributed by atoms with van der Waals surface area (Å²) in [6.45, 7) is 16.3. The Morgan fingerprint density at radius 3 is 2.18 bits per heavy atom. The van der Waals surface area contributed by atoms with Crippen LogP contribution in [0.5, 0.6) is 0 Å². The number of fused-ring (bicyclic) bond motifs is 7. The zero-order valence-corrected chi connectivity index (χ0v) is 22.6. The molecule has 3 N–H and O–H groups in total.